The zero-order valence-corrected chi connectivity index (χ0v) is 64.7. The molecule has 4 aromatic carbocycles. The van der Waals surface area contributed by atoms with Crippen LogP contribution in [0, 0.1) is 0 Å². The number of nitrogens with one attached hydrogen (secondary N) is 4. The summed E-state index contributed by atoms with van der Waals surface area (Å²) in [4.78, 5) is 70.6. The molecule has 2 heterocycles. The Labute approximate surface area is 660 Å². The molecule has 6 aromatic rings. The number of anilines is 10. The molecule has 1 atom stereocenters. The van der Waals surface area contributed by atoms with Crippen molar-refractivity contribution in [2.45, 2.75) is 14.7 Å². The summed E-state index contributed by atoms with van der Waals surface area (Å²) in [5.74, 6) is -9.82. The van der Waals surface area contributed by atoms with Gasteiger partial charge in [-0.25, -0.2) is 21.0 Å². The first kappa shape index (κ1) is 87.5. The van der Waals surface area contributed by atoms with Crippen LogP contribution in [0.1, 0.15) is 11.1 Å². The molecule has 0 saturated carbocycles. The molecule has 0 radical (unpaired) electrons. The number of carboxylic acid groups (broad SMARTS) is 4. The predicted molar refractivity (Wildman–Crippen MR) is 245 cm³/mol. The molecule has 4 N–H and O–H groups in total. The van der Waals surface area contributed by atoms with E-state index in [-0.39, 0.29) is 299 Å². The standard InChI is InChI=1S/C40H36N12O20S4.8Na/c53-31(54)17-51(18-32(55)56)39-48-36(42-24-9-13-28(14-10-24)75(64,65)66)45-37(49-39)43-25-5-3-21(29(15-25)73-72-71-61)1-2-22-4-6-26(16-30(22)76(67,68)69)44-38-46-35(41-23-7-11-27(12-8-23)70-74(62)63)47-40(50-38)52(19-33(57)58)20-34(59)60;;;;;;;;/h1-16,61H,17-20H2,(H,53,54)(H,55,56)(H,57,58)(H,59,60)(H,62,63)(H,64,65,66)(H,67,68,69)(H2,41,44,46,47,50)(H2,42,43,45,48,49);;;;;;;;/q;8*+1/p-8/b2-1+;;;;;;;;. The third-order valence-corrected chi connectivity index (χ3v) is 11.9. The maximum atomic E-state index is 12.7. The zero-order chi connectivity index (χ0) is 55.3. The Hall–Kier alpha value is -0.720. The average molecular weight is 1310 g/mol. The Bertz CT molecular complexity index is 3440. The maximum absolute atomic E-state index is 12.7. The molecular weight excluding hydrogens is 1280 g/mol. The van der Waals surface area contributed by atoms with Crippen LogP contribution in [0.5, 0.6) is 5.75 Å². The Kier molecular flexibility index (Phi) is 43.3. The van der Waals surface area contributed by atoms with Gasteiger partial charge in [0.2, 0.25) is 35.7 Å². The van der Waals surface area contributed by atoms with Gasteiger partial charge >= 0.3 is 236 Å². The average Bonchev–Trinajstić information content (AvgIpc) is 3.32. The van der Waals surface area contributed by atoms with Gasteiger partial charge in [0.25, 0.3) is 0 Å². The van der Waals surface area contributed by atoms with Gasteiger partial charge in [0, 0.05) is 27.6 Å². The molecule has 0 amide bonds. The van der Waals surface area contributed by atoms with E-state index in [9.17, 15) is 79.6 Å². The fraction of sp³-hybridized carbons (Fsp3) is 0.100. The minimum absolute atomic E-state index is 0. The van der Waals surface area contributed by atoms with Crippen molar-refractivity contribution in [1.82, 2.24) is 29.9 Å². The van der Waals surface area contributed by atoms with Gasteiger partial charge in [-0.1, -0.05) is 24.3 Å². The molecule has 0 aliphatic rings. The Morgan fingerprint density at radius 3 is 1.25 bits per heavy atom. The molecule has 0 aliphatic carbocycles. The van der Waals surface area contributed by atoms with Crippen LogP contribution in [0.2, 0.25) is 0 Å². The fourth-order valence-electron chi connectivity index (χ4n) is 6.17. The summed E-state index contributed by atoms with van der Waals surface area (Å²) in [6.45, 7) is -4.23. The molecule has 0 bridgehead atoms. The summed E-state index contributed by atoms with van der Waals surface area (Å²) < 4.78 is 103. The Morgan fingerprint density at radius 2 is 0.881 bits per heavy atom. The van der Waals surface area contributed by atoms with E-state index in [4.69, 9.17) is 0 Å². The van der Waals surface area contributed by atoms with Crippen molar-refractivity contribution in [3.05, 3.63) is 96.1 Å². The van der Waals surface area contributed by atoms with Gasteiger partial charge in [-0.05, 0) is 83.9 Å². The topological polar surface area (TPSA) is 498 Å². The van der Waals surface area contributed by atoms with Gasteiger partial charge in [0.1, 0.15) is 37.3 Å². The van der Waals surface area contributed by atoms with Crippen molar-refractivity contribution in [2.75, 3.05) is 57.2 Å². The van der Waals surface area contributed by atoms with Crippen molar-refractivity contribution >= 4 is 138 Å². The van der Waals surface area contributed by atoms with Gasteiger partial charge in [0.15, 0.2) is 0 Å². The van der Waals surface area contributed by atoms with Gasteiger partial charge < -0.3 is 93.8 Å². The molecule has 0 spiro atoms. The number of aromatic nitrogens is 6. The smallest absolute Gasteiger partial charge is 0.744 e. The maximum Gasteiger partial charge on any atom is 1.00 e. The number of carboxylic acids is 4. The number of aliphatic carboxylic acids is 4. The van der Waals surface area contributed by atoms with E-state index in [0.29, 0.717) is 21.8 Å². The SMILES string of the molecule is O=C([O-])CN(CC(=O)[O-])c1nc(Nc2ccc(S(=O)(=O)[O-])cc2)nc(Nc2ccc(/C=C/c3ccc(Nc4nc(Nc5ccc(OS(=O)[O-])cc5)nc(N(CC(=O)[O-])CC(=O)[O-])n4)cc3S(=O)(=O)[O-])c(SOO[O-])c2)n1.[Na+].[Na+].[Na+].[Na+].[Na+].[Na+].[Na+].[Na+]. The van der Waals surface area contributed by atoms with E-state index in [0.717, 1.165) is 36.4 Å². The number of benzene rings is 4. The third kappa shape index (κ3) is 29.1. The second kappa shape index (κ2) is 41.6. The van der Waals surface area contributed by atoms with Crippen LogP contribution in [0.4, 0.5) is 58.4 Å². The van der Waals surface area contributed by atoms with E-state index < -0.39 is 109 Å². The van der Waals surface area contributed by atoms with Crippen molar-refractivity contribution in [2.24, 2.45) is 0 Å². The van der Waals surface area contributed by atoms with Crippen LogP contribution in [0.25, 0.3) is 12.2 Å². The first-order chi connectivity index (χ1) is 35.9. The van der Waals surface area contributed by atoms with E-state index in [1.165, 1.54) is 60.7 Å². The van der Waals surface area contributed by atoms with E-state index in [2.05, 4.69) is 64.7 Å². The van der Waals surface area contributed by atoms with Gasteiger partial charge in [-0.2, -0.15) is 34.2 Å². The fourth-order valence-corrected chi connectivity index (χ4v) is 8.11. The summed E-state index contributed by atoms with van der Waals surface area (Å²) in [5.41, 5.74) is 0.139. The molecular formula is C40H28N12Na8O20S4. The largest absolute Gasteiger partial charge is 1.00 e. The molecule has 0 fully saturated rings. The minimum atomic E-state index is -5.33. The van der Waals surface area contributed by atoms with Gasteiger partial charge in [-0.15, -0.1) is 0 Å². The minimum Gasteiger partial charge on any atom is -0.744 e. The normalized spacial score (nSPS) is 10.7. The molecule has 0 saturated heterocycles. The van der Waals surface area contributed by atoms with Crippen LogP contribution in [-0.2, 0) is 60.1 Å². The quantitative estimate of drug-likeness (QED) is 0.00707. The summed E-state index contributed by atoms with van der Waals surface area (Å²) in [6, 6.07) is 16.7. The molecule has 84 heavy (non-hydrogen) atoms. The monoisotopic (exact) mass is 1310 g/mol. The molecule has 2 aromatic heterocycles. The molecule has 44 heteroatoms. The second-order valence-corrected chi connectivity index (χ2v) is 18.6. The number of nitrogens with zero attached hydrogens (tertiary/aromatic N) is 8. The molecule has 6 rings (SSSR count). The second-order valence-electron chi connectivity index (χ2n) is 14.6. The number of carbonyl (C=O) groups is 4. The summed E-state index contributed by atoms with van der Waals surface area (Å²) >= 11 is -2.56. The van der Waals surface area contributed by atoms with E-state index in [1.807, 2.05) is 0 Å². The number of hydrogen-bond acceptors (Lipinski definition) is 33. The van der Waals surface area contributed by atoms with Crippen molar-refractivity contribution in [1.29, 1.82) is 0 Å². The van der Waals surface area contributed by atoms with E-state index >= 15 is 0 Å². The number of rotatable bonds is 27. The van der Waals surface area contributed by atoms with Crippen molar-refractivity contribution in [3.8, 4) is 5.75 Å². The van der Waals surface area contributed by atoms with Crippen molar-refractivity contribution < 1.29 is 330 Å². The first-order valence-corrected chi connectivity index (χ1v) is 24.8. The van der Waals surface area contributed by atoms with Crippen LogP contribution in [0.15, 0.2) is 99.6 Å². The predicted octanol–water partition coefficient (Wildman–Crippen LogP) is -27.9. The molecule has 1 unspecified atom stereocenters. The summed E-state index contributed by atoms with van der Waals surface area (Å²) in [7, 11) is -10.2. The van der Waals surface area contributed by atoms with E-state index in [1.54, 1.807) is 0 Å². The van der Waals surface area contributed by atoms with Crippen LogP contribution in [-0.4, -0.2) is 115 Å². The van der Waals surface area contributed by atoms with Crippen molar-refractivity contribution in [3.63, 3.8) is 0 Å². The molecule has 400 valence electrons. The van der Waals surface area contributed by atoms with Gasteiger partial charge in [0.05, 0.1) is 71.9 Å². The number of carbonyl (C=O) groups excluding carboxylic acids is 4. The van der Waals surface area contributed by atoms with Crippen LogP contribution >= 0.6 is 12.0 Å². The Balaban J connectivity index is -0.00000820. The Morgan fingerprint density at radius 1 is 0.524 bits per heavy atom. The first-order valence-electron chi connectivity index (χ1n) is 20.3. The van der Waals surface area contributed by atoms with Crippen LogP contribution < -0.4 is 297 Å². The summed E-state index contributed by atoms with van der Waals surface area (Å²) in [6.07, 6.45) is 2.45. The molecule has 32 nitrogen and oxygen atoms in total. The third-order valence-electron chi connectivity index (χ3n) is 9.17. The van der Waals surface area contributed by atoms with Gasteiger partial charge in [-0.3, -0.25) is 5.04 Å². The number of hydrogen-bond donors (Lipinski definition) is 4. The van der Waals surface area contributed by atoms with Crippen LogP contribution in [0.3, 0.4) is 0 Å². The molecule has 0 aliphatic heterocycles. The summed E-state index contributed by atoms with van der Waals surface area (Å²) in [5, 5.41) is 71.4. The zero-order valence-electron chi connectivity index (χ0n) is 45.4.